The summed E-state index contributed by atoms with van der Waals surface area (Å²) >= 11 is 3.30. The number of halogens is 2. The van der Waals surface area contributed by atoms with Crippen LogP contribution in [0.1, 0.15) is 0 Å². The Morgan fingerprint density at radius 1 is 1.03 bits per heavy atom. The number of hydrogen-bond acceptors (Lipinski definition) is 7. The predicted molar refractivity (Wildman–Crippen MR) is 123 cm³/mol. The number of β-amino-alcohol motifs (C(OH)–C–C–N with tert-alkyl or cyclic N) is 1. The summed E-state index contributed by atoms with van der Waals surface area (Å²) in [5.41, 5.74) is 0. The van der Waals surface area contributed by atoms with Crippen molar-refractivity contribution in [1.82, 2.24) is 9.21 Å². The molecule has 1 heterocycles. The highest BCUT2D eigenvalue weighted by atomic mass is 79.9. The number of aliphatic hydroxyl groups excluding tert-OH is 1. The third-order valence-corrected chi connectivity index (χ3v) is 7.07. The molecule has 1 saturated heterocycles. The van der Waals surface area contributed by atoms with Gasteiger partial charge in [-0.2, -0.15) is 4.31 Å². The van der Waals surface area contributed by atoms with Crippen LogP contribution in [0.2, 0.25) is 0 Å². The van der Waals surface area contributed by atoms with Crippen LogP contribution in [-0.4, -0.2) is 90.3 Å². The number of para-hydroxylation sites is 1. The maximum Gasteiger partial charge on any atom is 0.414 e. The highest BCUT2D eigenvalue weighted by Crippen LogP contribution is 2.21. The molecule has 3 N–H and O–H groups in total. The molecule has 0 bridgehead atoms. The maximum atomic E-state index is 13.5. The van der Waals surface area contributed by atoms with Crippen molar-refractivity contribution in [2.75, 3.05) is 39.3 Å². The molecular weight excluding hydrogens is 539 g/mol. The van der Waals surface area contributed by atoms with Gasteiger partial charge in [0.05, 0.1) is 4.90 Å². The molecule has 1 atom stereocenters. The lowest BCUT2D eigenvalue weighted by Gasteiger charge is -2.34. The zero-order valence-corrected chi connectivity index (χ0v) is 20.3. The van der Waals surface area contributed by atoms with Crippen LogP contribution in [0.25, 0.3) is 0 Å². The van der Waals surface area contributed by atoms with E-state index in [-0.39, 0.29) is 17.3 Å². The van der Waals surface area contributed by atoms with E-state index in [9.17, 15) is 17.9 Å². The highest BCUT2D eigenvalue weighted by molar-refractivity contribution is 9.10. The van der Waals surface area contributed by atoms with Crippen molar-refractivity contribution in [3.05, 3.63) is 58.8 Å². The second kappa shape index (κ2) is 12.8. The predicted octanol–water partition coefficient (Wildman–Crippen LogP) is 1.49. The van der Waals surface area contributed by atoms with Gasteiger partial charge < -0.3 is 20.1 Å². The second-order valence-electron chi connectivity index (χ2n) is 7.17. The number of benzene rings is 2. The molecule has 0 aromatic heterocycles. The summed E-state index contributed by atoms with van der Waals surface area (Å²) < 4.78 is 46.5. The number of sulfonamides is 1. The van der Waals surface area contributed by atoms with Crippen molar-refractivity contribution >= 4 is 37.9 Å². The van der Waals surface area contributed by atoms with Gasteiger partial charge in [0.1, 0.15) is 12.7 Å². The lowest BCUT2D eigenvalue weighted by molar-refractivity contribution is -0.159. The zero-order valence-electron chi connectivity index (χ0n) is 17.9. The van der Waals surface area contributed by atoms with Crippen LogP contribution in [-0.2, 0) is 19.6 Å². The highest BCUT2D eigenvalue weighted by Gasteiger charge is 2.29. The van der Waals surface area contributed by atoms with E-state index in [0.29, 0.717) is 37.2 Å². The number of carbonyl (C=O) groups is 2. The quantitative estimate of drug-likeness (QED) is 0.427. The van der Waals surface area contributed by atoms with Crippen molar-refractivity contribution in [3.63, 3.8) is 0 Å². The normalized spacial score (nSPS) is 15.6. The summed E-state index contributed by atoms with van der Waals surface area (Å²) in [6.45, 7) is 2.00. The molecule has 1 fully saturated rings. The number of carboxylic acid groups (broad SMARTS) is 2. The van der Waals surface area contributed by atoms with Crippen molar-refractivity contribution in [2.24, 2.45) is 0 Å². The number of ether oxygens (including phenoxy) is 1. The molecule has 0 spiro atoms. The summed E-state index contributed by atoms with van der Waals surface area (Å²) in [6.07, 6.45) is -0.798. The van der Waals surface area contributed by atoms with E-state index in [4.69, 9.17) is 24.5 Å². The van der Waals surface area contributed by atoms with E-state index in [1.54, 1.807) is 36.4 Å². The van der Waals surface area contributed by atoms with Crippen molar-refractivity contribution in [3.8, 4) is 5.75 Å². The van der Waals surface area contributed by atoms with Gasteiger partial charge >= 0.3 is 11.9 Å². The number of nitrogens with zero attached hydrogens (tertiary/aromatic N) is 2. The Morgan fingerprint density at radius 2 is 1.65 bits per heavy atom. The number of hydrogen-bond donors (Lipinski definition) is 3. The van der Waals surface area contributed by atoms with E-state index in [0.717, 1.165) is 0 Å². The number of carboxylic acids is 2. The van der Waals surface area contributed by atoms with Crippen LogP contribution < -0.4 is 4.74 Å². The van der Waals surface area contributed by atoms with Gasteiger partial charge in [-0.25, -0.2) is 22.4 Å². The Hall–Kier alpha value is -2.58. The molecule has 0 amide bonds. The Kier molecular flexibility index (Phi) is 10.4. The van der Waals surface area contributed by atoms with Crippen LogP contribution >= 0.6 is 15.9 Å². The average molecular weight is 563 g/mol. The Bertz CT molecular complexity index is 1080. The van der Waals surface area contributed by atoms with Gasteiger partial charge in [-0.05, 0) is 30.3 Å². The second-order valence-corrected chi connectivity index (χ2v) is 10.0. The fraction of sp³-hybridized carbons (Fsp3) is 0.333. The standard InChI is InChI=1S/C19H22BrFN2O4S.C2H2O4/c20-15-4-3-5-17(12-15)28(25,26)23-10-8-22(9-11-23)13-16(24)14-27-19-7-2-1-6-18(19)21;3-1(4)2(5)6/h1-7,12,16,24H,8-11,13-14H2;(H,3,4)(H,5,6). The zero-order chi connectivity index (χ0) is 25.3. The van der Waals surface area contributed by atoms with Crippen LogP contribution in [0.4, 0.5) is 4.39 Å². The van der Waals surface area contributed by atoms with Crippen LogP contribution in [0, 0.1) is 5.82 Å². The van der Waals surface area contributed by atoms with Crippen LogP contribution in [0.5, 0.6) is 5.75 Å². The molecule has 2 aromatic carbocycles. The third-order valence-electron chi connectivity index (χ3n) is 4.68. The molecule has 0 aliphatic carbocycles. The molecule has 0 radical (unpaired) electrons. The Morgan fingerprint density at radius 3 is 2.21 bits per heavy atom. The smallest absolute Gasteiger partial charge is 0.414 e. The lowest BCUT2D eigenvalue weighted by Crippen LogP contribution is -2.50. The third kappa shape index (κ3) is 8.33. The first kappa shape index (κ1) is 27.7. The van der Waals surface area contributed by atoms with Gasteiger partial charge in [0.15, 0.2) is 11.6 Å². The van der Waals surface area contributed by atoms with E-state index in [2.05, 4.69) is 15.9 Å². The van der Waals surface area contributed by atoms with Crippen molar-refractivity contribution in [1.29, 1.82) is 0 Å². The summed E-state index contributed by atoms with van der Waals surface area (Å²) in [5, 5.41) is 24.9. The largest absolute Gasteiger partial charge is 0.488 e. The first-order chi connectivity index (χ1) is 16.0. The van der Waals surface area contributed by atoms with Crippen molar-refractivity contribution < 1.29 is 42.5 Å². The van der Waals surface area contributed by atoms with E-state index in [1.165, 1.54) is 16.4 Å². The summed E-state index contributed by atoms with van der Waals surface area (Å²) in [5.74, 6) is -4.02. The molecule has 10 nitrogen and oxygen atoms in total. The fourth-order valence-electron chi connectivity index (χ4n) is 3.03. The minimum Gasteiger partial charge on any atom is -0.488 e. The first-order valence-corrected chi connectivity index (χ1v) is 12.2. The minimum absolute atomic E-state index is 0.0303. The summed E-state index contributed by atoms with van der Waals surface area (Å²) in [6, 6.07) is 12.7. The van der Waals surface area contributed by atoms with Crippen LogP contribution in [0.15, 0.2) is 57.9 Å². The Labute approximate surface area is 204 Å². The van der Waals surface area contributed by atoms with Gasteiger partial charge in [0.25, 0.3) is 0 Å². The molecule has 0 saturated carbocycles. The van der Waals surface area contributed by atoms with Gasteiger partial charge in [-0.1, -0.05) is 34.1 Å². The van der Waals surface area contributed by atoms with Gasteiger partial charge in [0.2, 0.25) is 10.0 Å². The maximum absolute atomic E-state index is 13.5. The topological polar surface area (TPSA) is 145 Å². The van der Waals surface area contributed by atoms with Gasteiger partial charge in [0, 0.05) is 37.2 Å². The minimum atomic E-state index is -3.54. The monoisotopic (exact) mass is 562 g/mol. The Balaban J connectivity index is 0.000000604. The van der Waals surface area contributed by atoms with Crippen molar-refractivity contribution in [2.45, 2.75) is 11.0 Å². The molecule has 13 heteroatoms. The SMILES string of the molecule is O=C(O)C(=O)O.O=S(=O)(c1cccc(Br)c1)N1CCN(CC(O)COc2ccccc2F)CC1. The molecule has 1 aliphatic rings. The summed E-state index contributed by atoms with van der Waals surface area (Å²) in [7, 11) is -3.54. The van der Waals surface area contributed by atoms with E-state index in [1.807, 2.05) is 4.90 Å². The first-order valence-electron chi connectivity index (χ1n) is 10.0. The van der Waals surface area contributed by atoms with Gasteiger partial charge in [-0.15, -0.1) is 0 Å². The van der Waals surface area contributed by atoms with E-state index < -0.39 is 33.9 Å². The molecule has 1 aliphatic heterocycles. The molecule has 1 unspecified atom stereocenters. The molecule has 2 aromatic rings. The fourth-order valence-corrected chi connectivity index (χ4v) is 5.05. The lowest BCUT2D eigenvalue weighted by atomic mass is 10.3. The van der Waals surface area contributed by atoms with E-state index >= 15 is 0 Å². The molecule has 3 rings (SSSR count). The average Bonchev–Trinajstić information content (AvgIpc) is 2.79. The molecule has 34 heavy (non-hydrogen) atoms. The number of aliphatic hydroxyl groups is 1. The summed E-state index contributed by atoms with van der Waals surface area (Å²) in [4.78, 5) is 20.4. The number of piperazine rings is 1. The number of aliphatic carboxylic acids is 2. The molecule has 186 valence electrons. The van der Waals surface area contributed by atoms with Gasteiger partial charge in [-0.3, -0.25) is 4.90 Å². The number of rotatable bonds is 7. The van der Waals surface area contributed by atoms with Crippen LogP contribution in [0.3, 0.4) is 0 Å². The molecular formula is C21H24BrFN2O8S.